The smallest absolute Gasteiger partial charge is 0.303 e. The van der Waals surface area contributed by atoms with E-state index in [4.69, 9.17) is 5.11 Å². The zero-order valence-corrected chi connectivity index (χ0v) is 13.6. The predicted octanol–water partition coefficient (Wildman–Crippen LogP) is 0.941. The second-order valence-electron chi connectivity index (χ2n) is 5.71. The molecule has 1 aliphatic heterocycles. The first-order valence-corrected chi connectivity index (χ1v) is 9.12. The average Bonchev–Trinajstić information content (AvgIpc) is 2.44. The Balaban J connectivity index is 2.18. The van der Waals surface area contributed by atoms with Crippen LogP contribution in [0.3, 0.4) is 0 Å². The normalized spacial score (nSPS) is 20.0. The van der Waals surface area contributed by atoms with Gasteiger partial charge < -0.3 is 5.11 Å². The van der Waals surface area contributed by atoms with Gasteiger partial charge in [-0.25, -0.2) is 22.7 Å². The highest BCUT2D eigenvalue weighted by molar-refractivity contribution is 7.88. The Hall–Kier alpha value is -1.54. The van der Waals surface area contributed by atoms with Gasteiger partial charge in [0.1, 0.15) is 5.82 Å². The Bertz CT molecular complexity index is 660. The van der Waals surface area contributed by atoms with E-state index in [-0.39, 0.29) is 12.3 Å². The summed E-state index contributed by atoms with van der Waals surface area (Å²) in [4.78, 5) is 19.6. The summed E-state index contributed by atoms with van der Waals surface area (Å²) in [7, 11) is -3.21. The van der Waals surface area contributed by atoms with Crippen LogP contribution in [0.5, 0.6) is 0 Å². The lowest BCUT2D eigenvalue weighted by molar-refractivity contribution is -0.136. The molecule has 122 valence electrons. The number of carbonyl (C=O) groups is 1. The number of aromatic nitrogens is 2. The molecule has 0 aliphatic carbocycles. The average molecular weight is 327 g/mol. The van der Waals surface area contributed by atoms with Crippen molar-refractivity contribution < 1.29 is 18.3 Å². The van der Waals surface area contributed by atoms with Crippen molar-refractivity contribution in [2.75, 3.05) is 19.3 Å². The minimum atomic E-state index is -3.21. The number of carboxylic acid groups (broad SMARTS) is 1. The fourth-order valence-corrected chi connectivity index (χ4v) is 3.57. The zero-order valence-electron chi connectivity index (χ0n) is 12.8. The molecule has 0 unspecified atom stereocenters. The van der Waals surface area contributed by atoms with E-state index in [0.29, 0.717) is 31.0 Å². The van der Waals surface area contributed by atoms with Crippen molar-refractivity contribution in [1.82, 2.24) is 14.3 Å². The molecule has 1 saturated heterocycles. The van der Waals surface area contributed by atoms with Gasteiger partial charge in [-0.1, -0.05) is 0 Å². The number of hydrogen-bond donors (Lipinski definition) is 1. The van der Waals surface area contributed by atoms with Crippen LogP contribution in [-0.4, -0.2) is 53.1 Å². The molecule has 0 saturated carbocycles. The summed E-state index contributed by atoms with van der Waals surface area (Å²) in [5, 5.41) is 8.77. The summed E-state index contributed by atoms with van der Waals surface area (Å²) in [5.74, 6) is -0.278. The van der Waals surface area contributed by atoms with Crippen LogP contribution in [0, 0.1) is 6.92 Å². The van der Waals surface area contributed by atoms with Gasteiger partial charge in [-0.05, 0) is 25.8 Å². The van der Waals surface area contributed by atoms with Crippen molar-refractivity contribution in [3.63, 3.8) is 0 Å². The Labute approximate surface area is 130 Å². The largest absolute Gasteiger partial charge is 0.481 e. The van der Waals surface area contributed by atoms with Crippen LogP contribution in [0.1, 0.15) is 42.4 Å². The van der Waals surface area contributed by atoms with Crippen molar-refractivity contribution in [3.05, 3.63) is 23.3 Å². The van der Waals surface area contributed by atoms with Crippen molar-refractivity contribution in [1.29, 1.82) is 0 Å². The quantitative estimate of drug-likeness (QED) is 0.864. The summed E-state index contributed by atoms with van der Waals surface area (Å²) in [6.45, 7) is 2.76. The minimum absolute atomic E-state index is 0.0238. The predicted molar refractivity (Wildman–Crippen MR) is 81.1 cm³/mol. The maximum Gasteiger partial charge on any atom is 0.303 e. The Kier molecular flexibility index (Phi) is 5.12. The molecule has 1 atom stereocenters. The molecule has 22 heavy (non-hydrogen) atoms. The number of nitrogens with zero attached hydrogens (tertiary/aromatic N) is 3. The number of carboxylic acids is 1. The fourth-order valence-electron chi connectivity index (χ4n) is 2.66. The van der Waals surface area contributed by atoms with Crippen LogP contribution in [0.25, 0.3) is 0 Å². The molecule has 1 fully saturated rings. The summed E-state index contributed by atoms with van der Waals surface area (Å²) in [6, 6.07) is 1.78. The molecule has 2 heterocycles. The highest BCUT2D eigenvalue weighted by Gasteiger charge is 2.28. The molecule has 1 aromatic heterocycles. The summed E-state index contributed by atoms with van der Waals surface area (Å²) in [6.07, 6.45) is 3.21. The maximum absolute atomic E-state index is 11.7. The maximum atomic E-state index is 11.7. The number of hydrogen-bond acceptors (Lipinski definition) is 5. The molecule has 7 nitrogen and oxygen atoms in total. The standard InChI is InChI=1S/C14H21N3O4S/c1-10-8-12(5-6-13(18)19)16-14(15-10)11-4-3-7-17(9-11)22(2,20)21/h8,11H,3-7,9H2,1-2H3,(H,18,19)/t11-/m1/s1. The van der Waals surface area contributed by atoms with Gasteiger partial charge in [-0.15, -0.1) is 0 Å². The van der Waals surface area contributed by atoms with Crippen LogP contribution >= 0.6 is 0 Å². The van der Waals surface area contributed by atoms with Gasteiger partial charge in [-0.3, -0.25) is 4.79 Å². The lowest BCUT2D eigenvalue weighted by Crippen LogP contribution is -2.38. The minimum Gasteiger partial charge on any atom is -0.481 e. The van der Waals surface area contributed by atoms with Crippen LogP contribution in [0.15, 0.2) is 6.07 Å². The van der Waals surface area contributed by atoms with Gasteiger partial charge in [0.15, 0.2) is 0 Å². The van der Waals surface area contributed by atoms with E-state index in [9.17, 15) is 13.2 Å². The third-order valence-electron chi connectivity index (χ3n) is 3.74. The molecule has 0 aromatic carbocycles. The van der Waals surface area contributed by atoms with E-state index in [1.165, 1.54) is 10.6 Å². The van der Waals surface area contributed by atoms with Gasteiger partial charge in [-0.2, -0.15) is 0 Å². The molecular weight excluding hydrogens is 306 g/mol. The summed E-state index contributed by atoms with van der Waals surface area (Å²) >= 11 is 0. The van der Waals surface area contributed by atoms with E-state index in [0.717, 1.165) is 18.5 Å². The van der Waals surface area contributed by atoms with Crippen molar-refractivity contribution in [2.24, 2.45) is 0 Å². The number of sulfonamides is 1. The molecule has 0 amide bonds. The second-order valence-corrected chi connectivity index (χ2v) is 7.70. The number of aliphatic carboxylic acids is 1. The molecule has 0 radical (unpaired) electrons. The van der Waals surface area contributed by atoms with Gasteiger partial charge in [0, 0.05) is 36.8 Å². The first-order chi connectivity index (χ1) is 10.3. The SMILES string of the molecule is Cc1cc(CCC(=O)O)nc([C@@H]2CCCN(S(C)(=O)=O)C2)n1. The zero-order chi connectivity index (χ0) is 16.3. The topological polar surface area (TPSA) is 100 Å². The van der Waals surface area contributed by atoms with E-state index in [2.05, 4.69) is 9.97 Å². The lowest BCUT2D eigenvalue weighted by atomic mass is 9.98. The van der Waals surface area contributed by atoms with E-state index >= 15 is 0 Å². The third kappa shape index (κ3) is 4.48. The van der Waals surface area contributed by atoms with Gasteiger partial charge in [0.25, 0.3) is 0 Å². The van der Waals surface area contributed by atoms with Crippen molar-refractivity contribution in [3.8, 4) is 0 Å². The molecule has 1 aliphatic rings. The van der Waals surface area contributed by atoms with E-state index in [1.807, 2.05) is 6.92 Å². The van der Waals surface area contributed by atoms with E-state index in [1.54, 1.807) is 6.07 Å². The van der Waals surface area contributed by atoms with Gasteiger partial charge in [0.2, 0.25) is 10.0 Å². The third-order valence-corrected chi connectivity index (χ3v) is 5.01. The van der Waals surface area contributed by atoms with Crippen LogP contribution in [0.2, 0.25) is 0 Å². The van der Waals surface area contributed by atoms with Crippen LogP contribution < -0.4 is 0 Å². The van der Waals surface area contributed by atoms with Crippen molar-refractivity contribution >= 4 is 16.0 Å². The number of piperidine rings is 1. The molecule has 0 bridgehead atoms. The Morgan fingerprint density at radius 3 is 2.82 bits per heavy atom. The molecule has 8 heteroatoms. The highest BCUT2D eigenvalue weighted by atomic mass is 32.2. The summed E-state index contributed by atoms with van der Waals surface area (Å²) < 4.78 is 24.9. The number of rotatable bonds is 5. The Morgan fingerprint density at radius 2 is 2.18 bits per heavy atom. The molecule has 1 aromatic rings. The molecule has 2 rings (SSSR count). The second kappa shape index (κ2) is 6.70. The first-order valence-electron chi connectivity index (χ1n) is 7.27. The number of aryl methyl sites for hydroxylation is 2. The summed E-state index contributed by atoms with van der Waals surface area (Å²) in [5.41, 5.74) is 1.48. The van der Waals surface area contributed by atoms with Gasteiger partial charge >= 0.3 is 5.97 Å². The molecule has 0 spiro atoms. The molecule has 1 N–H and O–H groups in total. The highest BCUT2D eigenvalue weighted by Crippen LogP contribution is 2.26. The van der Waals surface area contributed by atoms with Crippen molar-refractivity contribution in [2.45, 2.75) is 38.5 Å². The monoisotopic (exact) mass is 327 g/mol. The van der Waals surface area contributed by atoms with E-state index < -0.39 is 16.0 Å². The van der Waals surface area contributed by atoms with Gasteiger partial charge in [0.05, 0.1) is 12.7 Å². The van der Waals surface area contributed by atoms with Crippen LogP contribution in [0.4, 0.5) is 0 Å². The fraction of sp³-hybridized carbons (Fsp3) is 0.643. The Morgan fingerprint density at radius 1 is 1.45 bits per heavy atom. The molecular formula is C14H21N3O4S. The van der Waals surface area contributed by atoms with Crippen LogP contribution in [-0.2, 0) is 21.2 Å². The first kappa shape index (κ1) is 16.8. The lowest BCUT2D eigenvalue weighted by Gasteiger charge is -2.30.